The van der Waals surface area contributed by atoms with Crippen molar-refractivity contribution < 1.29 is 24.2 Å². The smallest absolute Gasteiger partial charge is 0.407 e. The van der Waals surface area contributed by atoms with Crippen molar-refractivity contribution in [3.05, 3.63) is 95.6 Å². The Balaban J connectivity index is 1.31. The topological polar surface area (TPSA) is 105 Å². The molecule has 0 bridgehead atoms. The molecule has 4 rings (SSSR count). The number of hydrogen-bond acceptors (Lipinski definition) is 4. The summed E-state index contributed by atoms with van der Waals surface area (Å²) < 4.78 is 5.45. The summed E-state index contributed by atoms with van der Waals surface area (Å²) in [4.78, 5) is 35.7. The van der Waals surface area contributed by atoms with Crippen molar-refractivity contribution in [1.29, 1.82) is 0 Å². The maximum absolute atomic E-state index is 12.4. The van der Waals surface area contributed by atoms with E-state index in [1.54, 1.807) is 0 Å². The van der Waals surface area contributed by atoms with Crippen molar-refractivity contribution in [2.75, 3.05) is 13.2 Å². The zero-order chi connectivity index (χ0) is 23.9. The highest BCUT2D eigenvalue weighted by atomic mass is 16.5. The average molecular weight is 459 g/mol. The van der Waals surface area contributed by atoms with Crippen molar-refractivity contribution in [2.45, 2.75) is 24.8 Å². The van der Waals surface area contributed by atoms with Gasteiger partial charge in [-0.15, -0.1) is 0 Å². The molecule has 34 heavy (non-hydrogen) atoms. The normalized spacial score (nSPS) is 12.8. The molecule has 7 heteroatoms. The number of hydrogen-bond donors (Lipinski definition) is 3. The first-order valence-corrected chi connectivity index (χ1v) is 11.2. The van der Waals surface area contributed by atoms with Crippen LogP contribution in [-0.4, -0.2) is 36.2 Å². The van der Waals surface area contributed by atoms with Gasteiger partial charge in [-0.1, -0.05) is 78.9 Å². The van der Waals surface area contributed by atoms with Crippen LogP contribution in [0.5, 0.6) is 0 Å². The van der Waals surface area contributed by atoms with E-state index in [1.807, 2.05) is 66.7 Å². The van der Waals surface area contributed by atoms with E-state index in [9.17, 15) is 14.4 Å². The van der Waals surface area contributed by atoms with E-state index in [-0.39, 0.29) is 31.9 Å². The number of amides is 2. The van der Waals surface area contributed by atoms with Crippen molar-refractivity contribution >= 4 is 18.0 Å². The van der Waals surface area contributed by atoms with Crippen LogP contribution >= 0.6 is 0 Å². The van der Waals surface area contributed by atoms with Gasteiger partial charge in [0, 0.05) is 12.3 Å². The van der Waals surface area contributed by atoms with Crippen LogP contribution in [-0.2, 0) is 14.3 Å². The van der Waals surface area contributed by atoms with E-state index in [0.29, 0.717) is 0 Å². The molecule has 1 aliphatic carbocycles. The molecule has 0 radical (unpaired) electrons. The second-order valence-corrected chi connectivity index (χ2v) is 8.14. The highest BCUT2D eigenvalue weighted by molar-refractivity contribution is 5.83. The van der Waals surface area contributed by atoms with Crippen LogP contribution in [0.15, 0.2) is 78.9 Å². The molecular formula is C27H26N2O5. The Bertz CT molecular complexity index is 1130. The lowest BCUT2D eigenvalue weighted by molar-refractivity contribution is -0.137. The van der Waals surface area contributed by atoms with Gasteiger partial charge < -0.3 is 20.5 Å². The predicted molar refractivity (Wildman–Crippen MR) is 127 cm³/mol. The maximum Gasteiger partial charge on any atom is 0.407 e. The summed E-state index contributed by atoms with van der Waals surface area (Å²) in [6, 6.07) is 24.8. The number of benzene rings is 3. The summed E-state index contributed by atoms with van der Waals surface area (Å²) in [5.74, 6) is -1.43. The van der Waals surface area contributed by atoms with Crippen LogP contribution in [0.25, 0.3) is 11.1 Å². The van der Waals surface area contributed by atoms with Gasteiger partial charge in [0.25, 0.3) is 0 Å². The third-order valence-electron chi connectivity index (χ3n) is 5.92. The molecule has 174 valence electrons. The number of rotatable bonds is 9. The molecule has 0 saturated heterocycles. The SMILES string of the molecule is O=C(O)CCC(NC(=O)CNC(=O)OCC1c2ccccc2-c2ccccc21)c1ccccc1. The fraction of sp³-hybridized carbons (Fsp3) is 0.222. The Morgan fingerprint density at radius 3 is 2.06 bits per heavy atom. The molecule has 0 heterocycles. The fourth-order valence-electron chi connectivity index (χ4n) is 4.32. The Hall–Kier alpha value is -4.13. The van der Waals surface area contributed by atoms with E-state index in [0.717, 1.165) is 27.8 Å². The maximum atomic E-state index is 12.4. The molecule has 3 N–H and O–H groups in total. The van der Waals surface area contributed by atoms with Crippen LogP contribution in [0.2, 0.25) is 0 Å². The van der Waals surface area contributed by atoms with Crippen LogP contribution in [0, 0.1) is 0 Å². The van der Waals surface area contributed by atoms with E-state index in [4.69, 9.17) is 9.84 Å². The lowest BCUT2D eigenvalue weighted by Gasteiger charge is -2.19. The molecule has 3 aromatic carbocycles. The van der Waals surface area contributed by atoms with Gasteiger partial charge in [0.05, 0.1) is 6.04 Å². The standard InChI is InChI=1S/C27H26N2O5/c30-25(29-24(14-15-26(31)32)18-8-2-1-3-9-18)16-28-27(33)34-17-23-21-12-6-4-10-19(21)20-11-5-7-13-22(20)23/h1-13,23-24H,14-17H2,(H,28,33)(H,29,30)(H,31,32). The molecule has 1 atom stereocenters. The predicted octanol–water partition coefficient (Wildman–Crippen LogP) is 4.25. The Morgan fingerprint density at radius 1 is 0.853 bits per heavy atom. The van der Waals surface area contributed by atoms with Gasteiger partial charge >= 0.3 is 12.1 Å². The molecule has 0 spiro atoms. The average Bonchev–Trinajstić information content (AvgIpc) is 3.18. The minimum Gasteiger partial charge on any atom is -0.481 e. The fourth-order valence-corrected chi connectivity index (χ4v) is 4.32. The summed E-state index contributed by atoms with van der Waals surface area (Å²) in [6.45, 7) is -0.111. The minimum atomic E-state index is -0.938. The summed E-state index contributed by atoms with van der Waals surface area (Å²) >= 11 is 0. The molecule has 7 nitrogen and oxygen atoms in total. The second kappa shape index (κ2) is 10.7. The van der Waals surface area contributed by atoms with Crippen molar-refractivity contribution in [3.8, 4) is 11.1 Å². The van der Waals surface area contributed by atoms with Crippen LogP contribution in [0.4, 0.5) is 4.79 Å². The largest absolute Gasteiger partial charge is 0.481 e. The molecule has 1 unspecified atom stereocenters. The number of carboxylic acid groups (broad SMARTS) is 1. The Kier molecular flexibility index (Phi) is 7.22. The van der Waals surface area contributed by atoms with Crippen LogP contribution in [0.3, 0.4) is 0 Å². The van der Waals surface area contributed by atoms with Gasteiger partial charge in [0.15, 0.2) is 0 Å². The van der Waals surface area contributed by atoms with E-state index < -0.39 is 24.0 Å². The number of aliphatic carboxylic acids is 1. The molecule has 1 aliphatic rings. The summed E-state index contributed by atoms with van der Waals surface area (Å²) in [7, 11) is 0. The third-order valence-corrected chi connectivity index (χ3v) is 5.92. The summed E-state index contributed by atoms with van der Waals surface area (Å²) in [6.07, 6.45) is -0.519. The van der Waals surface area contributed by atoms with Gasteiger partial charge in [0.2, 0.25) is 5.91 Å². The first-order chi connectivity index (χ1) is 16.5. The lowest BCUT2D eigenvalue weighted by Crippen LogP contribution is -2.39. The van der Waals surface area contributed by atoms with Crippen LogP contribution in [0.1, 0.15) is 41.5 Å². The zero-order valence-electron chi connectivity index (χ0n) is 18.6. The molecule has 0 aliphatic heterocycles. The molecule has 2 amide bonds. The van der Waals surface area contributed by atoms with E-state index in [1.165, 1.54) is 0 Å². The monoisotopic (exact) mass is 458 g/mol. The third kappa shape index (κ3) is 5.43. The highest BCUT2D eigenvalue weighted by Gasteiger charge is 2.29. The van der Waals surface area contributed by atoms with Gasteiger partial charge in [-0.25, -0.2) is 4.79 Å². The van der Waals surface area contributed by atoms with Crippen molar-refractivity contribution in [3.63, 3.8) is 0 Å². The second-order valence-electron chi connectivity index (χ2n) is 8.14. The molecule has 0 saturated carbocycles. The van der Waals surface area contributed by atoms with Crippen molar-refractivity contribution in [2.24, 2.45) is 0 Å². The number of ether oxygens (including phenoxy) is 1. The summed E-state index contributed by atoms with van der Waals surface area (Å²) in [5.41, 5.74) is 5.30. The Labute approximate surface area is 197 Å². The van der Waals surface area contributed by atoms with Gasteiger partial charge in [-0.05, 0) is 34.2 Å². The van der Waals surface area contributed by atoms with E-state index in [2.05, 4.69) is 22.8 Å². The number of fused-ring (bicyclic) bond motifs is 3. The summed E-state index contributed by atoms with van der Waals surface area (Å²) in [5, 5.41) is 14.3. The first kappa shape index (κ1) is 23.0. The number of carbonyl (C=O) groups excluding carboxylic acids is 2. The number of carbonyl (C=O) groups is 3. The lowest BCUT2D eigenvalue weighted by atomic mass is 9.98. The highest BCUT2D eigenvalue weighted by Crippen LogP contribution is 2.44. The number of nitrogens with one attached hydrogen (secondary N) is 2. The van der Waals surface area contributed by atoms with Crippen molar-refractivity contribution in [1.82, 2.24) is 10.6 Å². The van der Waals surface area contributed by atoms with Crippen LogP contribution < -0.4 is 10.6 Å². The number of carboxylic acids is 1. The Morgan fingerprint density at radius 2 is 1.44 bits per heavy atom. The minimum absolute atomic E-state index is 0.0644. The molecular weight excluding hydrogens is 432 g/mol. The van der Waals surface area contributed by atoms with Gasteiger partial charge in [0.1, 0.15) is 13.2 Å². The zero-order valence-corrected chi connectivity index (χ0v) is 18.6. The molecule has 3 aromatic rings. The first-order valence-electron chi connectivity index (χ1n) is 11.2. The molecule has 0 fully saturated rings. The molecule has 0 aromatic heterocycles. The quantitative estimate of drug-likeness (QED) is 0.445. The van der Waals surface area contributed by atoms with Gasteiger partial charge in [-0.2, -0.15) is 0 Å². The van der Waals surface area contributed by atoms with Gasteiger partial charge in [-0.3, -0.25) is 9.59 Å². The number of alkyl carbamates (subject to hydrolysis) is 1. The van der Waals surface area contributed by atoms with E-state index >= 15 is 0 Å².